The summed E-state index contributed by atoms with van der Waals surface area (Å²) in [7, 11) is 1.65. The summed E-state index contributed by atoms with van der Waals surface area (Å²) in [5.41, 5.74) is 1.13. The van der Waals surface area contributed by atoms with Gasteiger partial charge in [0, 0.05) is 25.4 Å². The van der Waals surface area contributed by atoms with Crippen molar-refractivity contribution < 1.29 is 9.53 Å². The summed E-state index contributed by atoms with van der Waals surface area (Å²) in [6, 6.07) is 7.82. The SMILES string of the molecule is C=CC1CC(=O)N(Cc2ccc(OC)cc2)C1. The van der Waals surface area contributed by atoms with E-state index in [2.05, 4.69) is 6.58 Å². The van der Waals surface area contributed by atoms with E-state index < -0.39 is 0 Å². The fraction of sp³-hybridized carbons (Fsp3) is 0.357. The molecule has 90 valence electrons. The summed E-state index contributed by atoms with van der Waals surface area (Å²) in [5.74, 6) is 1.36. The molecule has 0 aromatic heterocycles. The van der Waals surface area contributed by atoms with E-state index in [1.807, 2.05) is 35.2 Å². The zero-order chi connectivity index (χ0) is 12.3. The minimum Gasteiger partial charge on any atom is -0.497 e. The second kappa shape index (κ2) is 5.04. The van der Waals surface area contributed by atoms with E-state index in [1.165, 1.54) is 0 Å². The van der Waals surface area contributed by atoms with E-state index in [9.17, 15) is 4.79 Å². The van der Waals surface area contributed by atoms with Crippen molar-refractivity contribution in [1.82, 2.24) is 4.90 Å². The van der Waals surface area contributed by atoms with Crippen LogP contribution in [-0.4, -0.2) is 24.5 Å². The predicted octanol–water partition coefficient (Wildman–Crippen LogP) is 2.23. The van der Waals surface area contributed by atoms with E-state index in [1.54, 1.807) is 7.11 Å². The Kier molecular flexibility index (Phi) is 3.47. The number of carbonyl (C=O) groups is 1. The van der Waals surface area contributed by atoms with Gasteiger partial charge in [-0.05, 0) is 17.7 Å². The average molecular weight is 231 g/mol. The van der Waals surface area contributed by atoms with Crippen LogP contribution >= 0.6 is 0 Å². The van der Waals surface area contributed by atoms with E-state index in [4.69, 9.17) is 4.74 Å². The van der Waals surface area contributed by atoms with Gasteiger partial charge in [0.05, 0.1) is 7.11 Å². The Morgan fingerprint density at radius 3 is 2.71 bits per heavy atom. The van der Waals surface area contributed by atoms with Gasteiger partial charge in [-0.3, -0.25) is 4.79 Å². The normalized spacial score (nSPS) is 19.5. The zero-order valence-electron chi connectivity index (χ0n) is 10.1. The maximum atomic E-state index is 11.7. The van der Waals surface area contributed by atoms with Crippen LogP contribution in [0.3, 0.4) is 0 Å². The highest BCUT2D eigenvalue weighted by Gasteiger charge is 2.27. The van der Waals surface area contributed by atoms with Gasteiger partial charge in [-0.2, -0.15) is 0 Å². The number of methoxy groups -OCH3 is 1. The van der Waals surface area contributed by atoms with Gasteiger partial charge in [0.15, 0.2) is 0 Å². The number of hydrogen-bond acceptors (Lipinski definition) is 2. The lowest BCUT2D eigenvalue weighted by Gasteiger charge is -2.16. The van der Waals surface area contributed by atoms with Crippen LogP contribution in [0, 0.1) is 5.92 Å². The molecule has 0 aliphatic carbocycles. The Bertz CT molecular complexity index is 411. The summed E-state index contributed by atoms with van der Waals surface area (Å²) >= 11 is 0. The van der Waals surface area contributed by atoms with Gasteiger partial charge in [0.2, 0.25) is 5.91 Å². The number of benzene rings is 1. The summed E-state index contributed by atoms with van der Waals surface area (Å²) in [5, 5.41) is 0. The molecule has 1 aromatic carbocycles. The fourth-order valence-corrected chi connectivity index (χ4v) is 2.06. The van der Waals surface area contributed by atoms with Crippen molar-refractivity contribution in [1.29, 1.82) is 0 Å². The monoisotopic (exact) mass is 231 g/mol. The topological polar surface area (TPSA) is 29.5 Å². The molecule has 3 heteroatoms. The van der Waals surface area contributed by atoms with Crippen molar-refractivity contribution in [2.24, 2.45) is 5.92 Å². The van der Waals surface area contributed by atoms with Gasteiger partial charge in [-0.1, -0.05) is 18.2 Å². The van der Waals surface area contributed by atoms with Crippen LogP contribution in [0.5, 0.6) is 5.75 Å². The van der Waals surface area contributed by atoms with Gasteiger partial charge >= 0.3 is 0 Å². The maximum Gasteiger partial charge on any atom is 0.223 e. The molecule has 17 heavy (non-hydrogen) atoms. The Balaban J connectivity index is 2.00. The molecule has 0 N–H and O–H groups in total. The van der Waals surface area contributed by atoms with Crippen LogP contribution < -0.4 is 4.74 Å². The molecule has 1 fully saturated rings. The lowest BCUT2D eigenvalue weighted by molar-refractivity contribution is -0.128. The maximum absolute atomic E-state index is 11.7. The van der Waals surface area contributed by atoms with E-state index in [0.29, 0.717) is 18.9 Å². The molecule has 3 nitrogen and oxygen atoms in total. The number of carbonyl (C=O) groups excluding carboxylic acids is 1. The summed E-state index contributed by atoms with van der Waals surface area (Å²) < 4.78 is 5.10. The Morgan fingerprint density at radius 1 is 1.47 bits per heavy atom. The van der Waals surface area contributed by atoms with Crippen molar-refractivity contribution in [2.75, 3.05) is 13.7 Å². The van der Waals surface area contributed by atoms with Crippen molar-refractivity contribution in [3.63, 3.8) is 0 Å². The van der Waals surface area contributed by atoms with Crippen LogP contribution in [0.2, 0.25) is 0 Å². The molecule has 1 unspecified atom stereocenters. The van der Waals surface area contributed by atoms with Crippen molar-refractivity contribution >= 4 is 5.91 Å². The van der Waals surface area contributed by atoms with Gasteiger partial charge in [-0.25, -0.2) is 0 Å². The molecule has 1 aromatic rings. The van der Waals surface area contributed by atoms with Crippen LogP contribution in [0.1, 0.15) is 12.0 Å². The number of hydrogen-bond donors (Lipinski definition) is 0. The van der Waals surface area contributed by atoms with E-state index in [-0.39, 0.29) is 5.91 Å². The van der Waals surface area contributed by atoms with E-state index >= 15 is 0 Å². The van der Waals surface area contributed by atoms with E-state index in [0.717, 1.165) is 17.9 Å². The molecule has 1 saturated heterocycles. The first-order valence-corrected chi connectivity index (χ1v) is 5.76. The average Bonchev–Trinajstić information content (AvgIpc) is 2.71. The molecule has 0 saturated carbocycles. The third-order valence-corrected chi connectivity index (χ3v) is 3.11. The van der Waals surface area contributed by atoms with Crippen LogP contribution in [0.4, 0.5) is 0 Å². The Labute approximate surface area is 102 Å². The second-order valence-corrected chi connectivity index (χ2v) is 4.32. The van der Waals surface area contributed by atoms with Crippen LogP contribution in [-0.2, 0) is 11.3 Å². The highest BCUT2D eigenvalue weighted by Crippen LogP contribution is 2.21. The number of rotatable bonds is 4. The third kappa shape index (κ3) is 2.67. The Hall–Kier alpha value is -1.77. The standard InChI is InChI=1S/C14H17NO2/c1-3-11-8-14(16)15(9-11)10-12-4-6-13(17-2)7-5-12/h3-7,11H,1,8-10H2,2H3. The van der Waals surface area contributed by atoms with Crippen LogP contribution in [0.25, 0.3) is 0 Å². The zero-order valence-corrected chi connectivity index (χ0v) is 10.1. The smallest absolute Gasteiger partial charge is 0.223 e. The Morgan fingerprint density at radius 2 is 2.18 bits per heavy atom. The molecule has 0 bridgehead atoms. The number of likely N-dealkylation sites (tertiary alicyclic amines) is 1. The van der Waals surface area contributed by atoms with Gasteiger partial charge in [0.25, 0.3) is 0 Å². The first-order chi connectivity index (χ1) is 8.22. The fourth-order valence-electron chi connectivity index (χ4n) is 2.06. The molecule has 2 rings (SSSR count). The van der Waals surface area contributed by atoms with Gasteiger partial charge in [-0.15, -0.1) is 6.58 Å². The quantitative estimate of drug-likeness (QED) is 0.744. The number of amides is 1. The number of ether oxygens (including phenoxy) is 1. The summed E-state index contributed by atoms with van der Waals surface area (Å²) in [6.07, 6.45) is 2.46. The first kappa shape index (κ1) is 11.7. The van der Waals surface area contributed by atoms with Crippen molar-refractivity contribution in [2.45, 2.75) is 13.0 Å². The van der Waals surface area contributed by atoms with Gasteiger partial charge < -0.3 is 9.64 Å². The molecule has 1 heterocycles. The minimum absolute atomic E-state index is 0.214. The first-order valence-electron chi connectivity index (χ1n) is 5.76. The summed E-state index contributed by atoms with van der Waals surface area (Å²) in [4.78, 5) is 13.6. The largest absolute Gasteiger partial charge is 0.497 e. The van der Waals surface area contributed by atoms with Gasteiger partial charge in [0.1, 0.15) is 5.75 Å². The molecule has 0 radical (unpaired) electrons. The lowest BCUT2D eigenvalue weighted by atomic mass is 10.1. The van der Waals surface area contributed by atoms with Crippen molar-refractivity contribution in [3.05, 3.63) is 42.5 Å². The second-order valence-electron chi connectivity index (χ2n) is 4.32. The molecule has 1 amide bonds. The molecule has 1 aliphatic rings. The van der Waals surface area contributed by atoms with Crippen LogP contribution in [0.15, 0.2) is 36.9 Å². The summed E-state index contributed by atoms with van der Waals surface area (Å²) in [6.45, 7) is 5.21. The molecule has 1 atom stereocenters. The lowest BCUT2D eigenvalue weighted by Crippen LogP contribution is -2.24. The number of nitrogens with zero attached hydrogens (tertiary/aromatic N) is 1. The highest BCUT2D eigenvalue weighted by molar-refractivity contribution is 5.79. The predicted molar refractivity (Wildman–Crippen MR) is 66.7 cm³/mol. The minimum atomic E-state index is 0.214. The molecular formula is C14H17NO2. The highest BCUT2D eigenvalue weighted by atomic mass is 16.5. The van der Waals surface area contributed by atoms with Crippen molar-refractivity contribution in [3.8, 4) is 5.75 Å². The molecule has 1 aliphatic heterocycles. The molecule has 0 spiro atoms. The molecular weight excluding hydrogens is 214 g/mol. The third-order valence-electron chi connectivity index (χ3n) is 3.11.